The molecule has 1 fully saturated rings. The van der Waals surface area contributed by atoms with E-state index in [0.717, 1.165) is 0 Å². The van der Waals surface area contributed by atoms with Gasteiger partial charge < -0.3 is 9.64 Å². The molecule has 0 spiro atoms. The zero-order valence-corrected chi connectivity index (χ0v) is 13.6. The lowest BCUT2D eigenvalue weighted by Crippen LogP contribution is -2.39. The highest BCUT2D eigenvalue weighted by molar-refractivity contribution is 5.93. The molecule has 3 aromatic heterocycles. The van der Waals surface area contributed by atoms with Crippen molar-refractivity contribution in [3.05, 3.63) is 54.5 Å². The van der Waals surface area contributed by atoms with Crippen molar-refractivity contribution in [1.29, 1.82) is 0 Å². The molecule has 0 radical (unpaired) electrons. The van der Waals surface area contributed by atoms with Crippen LogP contribution in [0.3, 0.4) is 0 Å². The summed E-state index contributed by atoms with van der Waals surface area (Å²) in [7, 11) is 0. The maximum absolute atomic E-state index is 14.5. The molecule has 130 valence electrons. The Labute approximate surface area is 143 Å². The average Bonchev–Trinajstić information content (AvgIpc) is 3.17. The minimum atomic E-state index is -0.630. The van der Waals surface area contributed by atoms with Crippen LogP contribution in [0.2, 0.25) is 0 Å². The number of hydrogen-bond acceptors (Lipinski definition) is 4. The van der Waals surface area contributed by atoms with Crippen LogP contribution in [0.25, 0.3) is 5.65 Å². The number of nitrogens with zero attached hydrogens (tertiary/aromatic N) is 5. The quantitative estimate of drug-likeness (QED) is 0.725. The van der Waals surface area contributed by atoms with Gasteiger partial charge >= 0.3 is 0 Å². The Morgan fingerprint density at radius 3 is 3.04 bits per heavy atom. The lowest BCUT2D eigenvalue weighted by molar-refractivity contribution is 0.0364. The number of rotatable bonds is 3. The molecule has 1 unspecified atom stereocenters. The van der Waals surface area contributed by atoms with Gasteiger partial charge in [-0.3, -0.25) is 13.9 Å². The zero-order valence-electron chi connectivity index (χ0n) is 13.6. The molecule has 4 heterocycles. The first kappa shape index (κ1) is 15.8. The number of aromatic nitrogens is 4. The van der Waals surface area contributed by atoms with Gasteiger partial charge in [0.15, 0.2) is 5.69 Å². The largest absolute Gasteiger partial charge is 0.374 e. The topological polar surface area (TPSA) is 64.7 Å². The Balaban J connectivity index is 1.56. The van der Waals surface area contributed by atoms with Crippen LogP contribution in [0.5, 0.6) is 0 Å². The SMILES string of the molecule is O=C(c1nc2ccccn2c1F)N1CCCOC(Cn2cccn2)C1. The Morgan fingerprint density at radius 1 is 1.32 bits per heavy atom. The molecule has 0 aromatic carbocycles. The molecule has 0 bridgehead atoms. The highest BCUT2D eigenvalue weighted by atomic mass is 19.1. The summed E-state index contributed by atoms with van der Waals surface area (Å²) in [6, 6.07) is 6.97. The first-order chi connectivity index (χ1) is 12.2. The highest BCUT2D eigenvalue weighted by Gasteiger charge is 2.28. The predicted octanol–water partition coefficient (Wildman–Crippen LogP) is 1.60. The van der Waals surface area contributed by atoms with Gasteiger partial charge in [-0.25, -0.2) is 4.98 Å². The normalized spacial score (nSPS) is 18.4. The third-order valence-corrected chi connectivity index (χ3v) is 4.26. The first-order valence-corrected chi connectivity index (χ1v) is 8.23. The molecule has 0 saturated carbocycles. The van der Waals surface area contributed by atoms with Crippen molar-refractivity contribution in [2.45, 2.75) is 19.1 Å². The van der Waals surface area contributed by atoms with Crippen LogP contribution in [0.1, 0.15) is 16.9 Å². The molecule has 7 nitrogen and oxygen atoms in total. The lowest BCUT2D eigenvalue weighted by Gasteiger charge is -2.23. The van der Waals surface area contributed by atoms with Gasteiger partial charge in [0.25, 0.3) is 5.91 Å². The molecule has 4 rings (SSSR count). The van der Waals surface area contributed by atoms with Gasteiger partial charge in [-0.15, -0.1) is 0 Å². The second-order valence-electron chi connectivity index (χ2n) is 6.01. The van der Waals surface area contributed by atoms with Gasteiger partial charge in [0.2, 0.25) is 5.95 Å². The van der Waals surface area contributed by atoms with E-state index in [2.05, 4.69) is 10.1 Å². The van der Waals surface area contributed by atoms with Crippen molar-refractivity contribution in [1.82, 2.24) is 24.1 Å². The minimum Gasteiger partial charge on any atom is -0.374 e. The summed E-state index contributed by atoms with van der Waals surface area (Å²) in [6.45, 7) is 2.00. The summed E-state index contributed by atoms with van der Waals surface area (Å²) in [5, 5.41) is 4.17. The molecule has 25 heavy (non-hydrogen) atoms. The van der Waals surface area contributed by atoms with E-state index in [1.54, 1.807) is 40.2 Å². The summed E-state index contributed by atoms with van der Waals surface area (Å²) >= 11 is 0. The van der Waals surface area contributed by atoms with E-state index >= 15 is 0 Å². The van der Waals surface area contributed by atoms with E-state index < -0.39 is 11.9 Å². The zero-order chi connectivity index (χ0) is 17.2. The second-order valence-corrected chi connectivity index (χ2v) is 6.01. The van der Waals surface area contributed by atoms with Crippen molar-refractivity contribution < 1.29 is 13.9 Å². The number of fused-ring (bicyclic) bond motifs is 1. The Kier molecular flexibility index (Phi) is 4.19. The van der Waals surface area contributed by atoms with Crippen LogP contribution >= 0.6 is 0 Å². The van der Waals surface area contributed by atoms with Gasteiger partial charge in [0.05, 0.1) is 12.6 Å². The summed E-state index contributed by atoms with van der Waals surface area (Å²) < 4.78 is 23.4. The number of carbonyl (C=O) groups excluding carboxylic acids is 1. The number of imidazole rings is 1. The molecule has 1 saturated heterocycles. The molecular weight excluding hydrogens is 325 g/mol. The average molecular weight is 343 g/mol. The third-order valence-electron chi connectivity index (χ3n) is 4.26. The smallest absolute Gasteiger partial charge is 0.277 e. The maximum atomic E-state index is 14.5. The molecule has 0 N–H and O–H groups in total. The fraction of sp³-hybridized carbons (Fsp3) is 0.353. The molecule has 1 atom stereocenters. The van der Waals surface area contributed by atoms with E-state index in [0.29, 0.717) is 38.3 Å². The van der Waals surface area contributed by atoms with Crippen molar-refractivity contribution in [3.8, 4) is 0 Å². The predicted molar refractivity (Wildman–Crippen MR) is 87.6 cm³/mol. The minimum absolute atomic E-state index is 0.147. The number of pyridine rings is 1. The number of hydrogen-bond donors (Lipinski definition) is 0. The fourth-order valence-electron chi connectivity index (χ4n) is 3.06. The maximum Gasteiger partial charge on any atom is 0.277 e. The number of carbonyl (C=O) groups is 1. The van der Waals surface area contributed by atoms with Gasteiger partial charge in [0.1, 0.15) is 5.65 Å². The van der Waals surface area contributed by atoms with Gasteiger partial charge in [-0.05, 0) is 24.6 Å². The molecule has 1 aliphatic heterocycles. The van der Waals surface area contributed by atoms with Crippen LogP contribution in [0.4, 0.5) is 4.39 Å². The van der Waals surface area contributed by atoms with Crippen molar-refractivity contribution >= 4 is 11.6 Å². The van der Waals surface area contributed by atoms with E-state index in [9.17, 15) is 9.18 Å². The third kappa shape index (κ3) is 3.12. The van der Waals surface area contributed by atoms with Crippen LogP contribution in [-0.4, -0.2) is 55.8 Å². The molecule has 1 aliphatic rings. The molecule has 3 aromatic rings. The van der Waals surface area contributed by atoms with E-state index in [4.69, 9.17) is 4.74 Å². The molecule has 1 amide bonds. The second kappa shape index (κ2) is 6.64. The van der Waals surface area contributed by atoms with Crippen molar-refractivity contribution in [3.63, 3.8) is 0 Å². The van der Waals surface area contributed by atoms with E-state index in [-0.39, 0.29) is 11.8 Å². The van der Waals surface area contributed by atoms with Crippen molar-refractivity contribution in [2.75, 3.05) is 19.7 Å². The first-order valence-electron chi connectivity index (χ1n) is 8.23. The summed E-state index contributed by atoms with van der Waals surface area (Å²) in [5.74, 6) is -1.04. The standard InChI is InChI=1S/C17H18FN5O2/c18-16-15(20-14-5-1-2-9-23(14)16)17(24)21-7-4-10-25-13(11-21)12-22-8-3-6-19-22/h1-3,5-6,8-9,13H,4,7,10-12H2. The Morgan fingerprint density at radius 2 is 2.24 bits per heavy atom. The number of amides is 1. The van der Waals surface area contributed by atoms with Gasteiger partial charge in [-0.2, -0.15) is 9.49 Å². The highest BCUT2D eigenvalue weighted by Crippen LogP contribution is 2.16. The molecule has 8 heteroatoms. The van der Waals surface area contributed by atoms with Crippen LogP contribution < -0.4 is 0 Å². The van der Waals surface area contributed by atoms with Crippen LogP contribution in [-0.2, 0) is 11.3 Å². The Hall–Kier alpha value is -2.74. The van der Waals surface area contributed by atoms with Crippen molar-refractivity contribution in [2.24, 2.45) is 0 Å². The summed E-state index contributed by atoms with van der Waals surface area (Å²) in [6.07, 6.45) is 5.62. The lowest BCUT2D eigenvalue weighted by atomic mass is 10.3. The monoisotopic (exact) mass is 343 g/mol. The fourth-order valence-corrected chi connectivity index (χ4v) is 3.06. The van der Waals surface area contributed by atoms with Gasteiger partial charge in [0, 0.05) is 38.3 Å². The van der Waals surface area contributed by atoms with E-state index in [1.165, 1.54) is 4.40 Å². The van der Waals surface area contributed by atoms with Crippen LogP contribution in [0.15, 0.2) is 42.9 Å². The summed E-state index contributed by atoms with van der Waals surface area (Å²) in [4.78, 5) is 18.6. The number of halogens is 1. The van der Waals surface area contributed by atoms with Gasteiger partial charge in [-0.1, -0.05) is 6.07 Å². The van der Waals surface area contributed by atoms with Crippen LogP contribution in [0, 0.1) is 5.95 Å². The number of ether oxygens (including phenoxy) is 1. The Bertz CT molecular complexity index is 876. The molecule has 0 aliphatic carbocycles. The van der Waals surface area contributed by atoms with E-state index in [1.807, 2.05) is 12.3 Å². The summed E-state index contributed by atoms with van der Waals surface area (Å²) in [5.41, 5.74) is 0.272. The molecular formula is C17H18FN5O2.